The molecule has 0 bridgehead atoms. The highest BCUT2D eigenvalue weighted by atomic mass is 19.4. The molecule has 0 aromatic heterocycles. The lowest BCUT2D eigenvalue weighted by molar-refractivity contribution is -0.199. The molecule has 0 heterocycles. The van der Waals surface area contributed by atoms with Gasteiger partial charge in [0.05, 0.1) is 5.60 Å². The predicted octanol–water partition coefficient (Wildman–Crippen LogP) is 2.34. The molecule has 14 heavy (non-hydrogen) atoms. The van der Waals surface area contributed by atoms with Crippen molar-refractivity contribution in [3.63, 3.8) is 0 Å². The lowest BCUT2D eigenvalue weighted by Gasteiger charge is -2.26. The molecule has 0 aromatic carbocycles. The van der Waals surface area contributed by atoms with Crippen LogP contribution >= 0.6 is 0 Å². The summed E-state index contributed by atoms with van der Waals surface area (Å²) in [6.07, 6.45) is -3.29. The summed E-state index contributed by atoms with van der Waals surface area (Å²) >= 11 is 0. The normalized spacial score (nSPS) is 13.3. The molecule has 0 aromatic rings. The molecule has 0 fully saturated rings. The highest BCUT2D eigenvalue weighted by Crippen LogP contribution is 2.18. The first-order valence-corrected chi connectivity index (χ1v) is 4.68. The second-order valence-electron chi connectivity index (χ2n) is 3.84. The Kier molecular flexibility index (Phi) is 5.44. The summed E-state index contributed by atoms with van der Waals surface area (Å²) in [6, 6.07) is 0. The molecule has 0 rings (SSSR count). The number of ether oxygens (including phenoxy) is 1. The van der Waals surface area contributed by atoms with Gasteiger partial charge in [-0.05, 0) is 26.8 Å². The highest BCUT2D eigenvalue weighted by molar-refractivity contribution is 4.72. The highest BCUT2D eigenvalue weighted by Gasteiger charge is 2.31. The fourth-order valence-corrected chi connectivity index (χ4v) is 0.894. The lowest BCUT2D eigenvalue weighted by Crippen LogP contribution is -2.40. The Morgan fingerprint density at radius 1 is 1.21 bits per heavy atom. The molecule has 0 radical (unpaired) electrons. The minimum absolute atomic E-state index is 0.428. The van der Waals surface area contributed by atoms with E-state index in [4.69, 9.17) is 4.74 Å². The van der Waals surface area contributed by atoms with Gasteiger partial charge in [-0.1, -0.05) is 6.92 Å². The first kappa shape index (κ1) is 13.7. The van der Waals surface area contributed by atoms with Gasteiger partial charge in [0.2, 0.25) is 0 Å². The van der Waals surface area contributed by atoms with Crippen molar-refractivity contribution < 1.29 is 17.9 Å². The van der Waals surface area contributed by atoms with E-state index in [0.717, 1.165) is 13.0 Å². The molecule has 86 valence electrons. The molecule has 1 N–H and O–H groups in total. The molecule has 0 aliphatic heterocycles. The zero-order valence-electron chi connectivity index (χ0n) is 8.87. The first-order valence-electron chi connectivity index (χ1n) is 4.68. The van der Waals surface area contributed by atoms with Crippen LogP contribution in [0.15, 0.2) is 0 Å². The van der Waals surface area contributed by atoms with Crippen LogP contribution in [-0.4, -0.2) is 31.5 Å². The summed E-state index contributed by atoms with van der Waals surface area (Å²) in [5.41, 5.74) is -0.773. The molecule has 2 nitrogen and oxygen atoms in total. The topological polar surface area (TPSA) is 21.3 Å². The Labute approximate surface area is 82.8 Å². The van der Waals surface area contributed by atoms with Gasteiger partial charge >= 0.3 is 6.18 Å². The van der Waals surface area contributed by atoms with E-state index in [0.29, 0.717) is 6.54 Å². The Morgan fingerprint density at radius 2 is 1.79 bits per heavy atom. The van der Waals surface area contributed by atoms with Crippen LogP contribution in [0.4, 0.5) is 13.2 Å². The predicted molar refractivity (Wildman–Crippen MR) is 49.2 cm³/mol. The molecular formula is C9H18F3NO. The van der Waals surface area contributed by atoms with E-state index < -0.39 is 18.4 Å². The van der Waals surface area contributed by atoms with Crippen molar-refractivity contribution >= 4 is 0 Å². The lowest BCUT2D eigenvalue weighted by atomic mass is 10.1. The molecule has 0 aliphatic rings. The standard InChI is InChI=1S/C9H18F3NO/c1-4-5-13-6-8(2,3)14-7-9(10,11)12/h13H,4-7H2,1-3H3. The largest absolute Gasteiger partial charge is 0.411 e. The van der Waals surface area contributed by atoms with Crippen molar-refractivity contribution in [3.05, 3.63) is 0 Å². The molecule has 5 heteroatoms. The minimum atomic E-state index is -4.25. The van der Waals surface area contributed by atoms with Crippen molar-refractivity contribution in [2.24, 2.45) is 0 Å². The minimum Gasteiger partial charge on any atom is -0.365 e. The van der Waals surface area contributed by atoms with Crippen LogP contribution in [0.25, 0.3) is 0 Å². The zero-order chi connectivity index (χ0) is 11.2. The van der Waals surface area contributed by atoms with E-state index >= 15 is 0 Å². The summed E-state index contributed by atoms with van der Waals surface area (Å²) in [6.45, 7) is 5.31. The van der Waals surface area contributed by atoms with E-state index in [9.17, 15) is 13.2 Å². The first-order chi connectivity index (χ1) is 6.27. The number of rotatable bonds is 6. The van der Waals surface area contributed by atoms with Crippen molar-refractivity contribution in [2.45, 2.75) is 39.0 Å². The third-order valence-corrected chi connectivity index (χ3v) is 1.60. The maximum atomic E-state index is 11.8. The molecule has 0 atom stereocenters. The third kappa shape index (κ3) is 8.31. The Hall–Kier alpha value is -0.290. The number of hydrogen-bond donors (Lipinski definition) is 1. The monoisotopic (exact) mass is 213 g/mol. The molecule has 0 aliphatic carbocycles. The average Bonchev–Trinajstić information content (AvgIpc) is 2.00. The fraction of sp³-hybridized carbons (Fsp3) is 1.00. The van der Waals surface area contributed by atoms with Crippen molar-refractivity contribution in [1.29, 1.82) is 0 Å². The van der Waals surface area contributed by atoms with Crippen molar-refractivity contribution in [3.8, 4) is 0 Å². The van der Waals surface area contributed by atoms with E-state index in [1.807, 2.05) is 6.92 Å². The summed E-state index contributed by atoms with van der Waals surface area (Å²) in [4.78, 5) is 0. The fourth-order valence-electron chi connectivity index (χ4n) is 0.894. The van der Waals surface area contributed by atoms with Crippen LogP contribution in [0.1, 0.15) is 27.2 Å². The third-order valence-electron chi connectivity index (χ3n) is 1.60. The molecule has 0 saturated carbocycles. The molecule has 0 amide bonds. The van der Waals surface area contributed by atoms with Crippen molar-refractivity contribution in [2.75, 3.05) is 19.7 Å². The number of nitrogens with one attached hydrogen (secondary N) is 1. The number of hydrogen-bond acceptors (Lipinski definition) is 2. The summed E-state index contributed by atoms with van der Waals surface area (Å²) < 4.78 is 40.2. The van der Waals surface area contributed by atoms with Gasteiger partial charge in [0.25, 0.3) is 0 Å². The Balaban J connectivity index is 3.72. The average molecular weight is 213 g/mol. The van der Waals surface area contributed by atoms with Gasteiger partial charge in [-0.3, -0.25) is 0 Å². The molecular weight excluding hydrogens is 195 g/mol. The van der Waals surface area contributed by atoms with Crippen molar-refractivity contribution in [1.82, 2.24) is 5.32 Å². The van der Waals surface area contributed by atoms with E-state index in [1.165, 1.54) is 0 Å². The van der Waals surface area contributed by atoms with E-state index in [1.54, 1.807) is 13.8 Å². The quantitative estimate of drug-likeness (QED) is 0.684. The van der Waals surface area contributed by atoms with Gasteiger partial charge in [0.1, 0.15) is 6.61 Å². The van der Waals surface area contributed by atoms with Gasteiger partial charge < -0.3 is 10.1 Å². The number of halogens is 3. The van der Waals surface area contributed by atoms with Crippen LogP contribution < -0.4 is 5.32 Å². The smallest absolute Gasteiger partial charge is 0.365 e. The maximum Gasteiger partial charge on any atom is 0.411 e. The molecule has 0 spiro atoms. The Morgan fingerprint density at radius 3 is 2.21 bits per heavy atom. The van der Waals surface area contributed by atoms with E-state index in [-0.39, 0.29) is 0 Å². The van der Waals surface area contributed by atoms with Crippen LogP contribution in [-0.2, 0) is 4.74 Å². The second-order valence-corrected chi connectivity index (χ2v) is 3.84. The molecule has 0 saturated heterocycles. The summed E-state index contributed by atoms with van der Waals surface area (Å²) in [5.74, 6) is 0. The SMILES string of the molecule is CCCNCC(C)(C)OCC(F)(F)F. The summed E-state index contributed by atoms with van der Waals surface area (Å²) in [7, 11) is 0. The van der Waals surface area contributed by atoms with Crippen LogP contribution in [0.2, 0.25) is 0 Å². The van der Waals surface area contributed by atoms with Crippen LogP contribution in [0, 0.1) is 0 Å². The van der Waals surface area contributed by atoms with Gasteiger partial charge in [-0.25, -0.2) is 0 Å². The van der Waals surface area contributed by atoms with Gasteiger partial charge in [0.15, 0.2) is 0 Å². The second kappa shape index (κ2) is 5.56. The van der Waals surface area contributed by atoms with Gasteiger partial charge in [-0.2, -0.15) is 13.2 Å². The van der Waals surface area contributed by atoms with Crippen LogP contribution in [0.5, 0.6) is 0 Å². The van der Waals surface area contributed by atoms with Crippen LogP contribution in [0.3, 0.4) is 0 Å². The Bertz CT molecular complexity index is 157. The molecule has 0 unspecified atom stereocenters. The maximum absolute atomic E-state index is 11.8. The van der Waals surface area contributed by atoms with E-state index in [2.05, 4.69) is 5.32 Å². The van der Waals surface area contributed by atoms with Gasteiger partial charge in [-0.15, -0.1) is 0 Å². The summed E-state index contributed by atoms with van der Waals surface area (Å²) in [5, 5.41) is 3.02. The zero-order valence-corrected chi connectivity index (χ0v) is 8.87. The van der Waals surface area contributed by atoms with Gasteiger partial charge in [0, 0.05) is 6.54 Å². The number of alkyl halides is 3.